The van der Waals surface area contributed by atoms with Crippen LogP contribution in [-0.4, -0.2) is 59.6 Å². The third-order valence-electron chi connectivity index (χ3n) is 9.15. The molecule has 2 aliphatic heterocycles. The van der Waals surface area contributed by atoms with Crippen molar-refractivity contribution >= 4 is 23.6 Å². The lowest BCUT2D eigenvalue weighted by atomic mass is 9.81. The SMILES string of the molecule is CCC(C)C1CC(=O)N(CC2CCC(C(=O)NCCCCCC(=O)N3CCC(C(C)C)C3)CC2)C1=O. The summed E-state index contributed by atoms with van der Waals surface area (Å²) in [5.41, 5.74) is 0. The summed E-state index contributed by atoms with van der Waals surface area (Å²) < 4.78 is 0. The molecule has 2 saturated heterocycles. The summed E-state index contributed by atoms with van der Waals surface area (Å²) in [5, 5.41) is 3.09. The Bertz CT molecular complexity index is 774. The molecule has 3 aliphatic rings. The fourth-order valence-electron chi connectivity index (χ4n) is 6.15. The number of carbonyl (C=O) groups excluding carboxylic acids is 4. The van der Waals surface area contributed by atoms with Gasteiger partial charge in [0, 0.05) is 50.9 Å². The molecule has 0 aromatic carbocycles. The minimum absolute atomic E-state index is 0.0103. The van der Waals surface area contributed by atoms with Crippen LogP contribution < -0.4 is 5.32 Å². The molecule has 3 atom stereocenters. The first kappa shape index (κ1) is 28.6. The molecule has 1 saturated carbocycles. The number of nitrogens with one attached hydrogen (secondary N) is 1. The van der Waals surface area contributed by atoms with Gasteiger partial charge in [-0.2, -0.15) is 0 Å². The first-order valence-electron chi connectivity index (χ1n) is 14.6. The molecule has 0 bridgehead atoms. The molecule has 2 heterocycles. The van der Waals surface area contributed by atoms with Gasteiger partial charge in [-0.3, -0.25) is 24.1 Å². The zero-order chi connectivity index (χ0) is 26.2. The second-order valence-corrected chi connectivity index (χ2v) is 12.0. The molecule has 3 fully saturated rings. The van der Waals surface area contributed by atoms with E-state index in [-0.39, 0.29) is 41.4 Å². The second kappa shape index (κ2) is 13.6. The van der Waals surface area contributed by atoms with Crippen molar-refractivity contribution in [2.45, 2.75) is 98.3 Å². The van der Waals surface area contributed by atoms with Gasteiger partial charge in [-0.1, -0.05) is 40.5 Å². The number of unbranched alkanes of at least 4 members (excludes halogenated alkanes) is 2. The van der Waals surface area contributed by atoms with E-state index in [2.05, 4.69) is 33.0 Å². The molecule has 3 rings (SSSR count). The number of likely N-dealkylation sites (tertiary alicyclic amines) is 2. The summed E-state index contributed by atoms with van der Waals surface area (Å²) in [6.07, 6.45) is 9.17. The van der Waals surface area contributed by atoms with E-state index in [0.29, 0.717) is 43.7 Å². The largest absolute Gasteiger partial charge is 0.356 e. The standard InChI is InChI=1S/C29H49N3O4/c1-5-21(4)25-17-27(34)32(29(25)36)18-22-10-12-23(13-11-22)28(35)30-15-8-6-7-9-26(33)31-16-14-24(19-31)20(2)3/h20-25H,5-19H2,1-4H3,(H,30,35). The number of imide groups is 1. The molecule has 1 aliphatic carbocycles. The summed E-state index contributed by atoms with van der Waals surface area (Å²) >= 11 is 0. The lowest BCUT2D eigenvalue weighted by molar-refractivity contribution is -0.141. The molecule has 4 amide bonds. The number of hydrogen-bond donors (Lipinski definition) is 1. The Kier molecular flexibility index (Phi) is 10.8. The van der Waals surface area contributed by atoms with Crippen LogP contribution in [0.5, 0.6) is 0 Å². The Morgan fingerprint density at radius 3 is 2.36 bits per heavy atom. The van der Waals surface area contributed by atoms with Crippen molar-refractivity contribution in [3.8, 4) is 0 Å². The Morgan fingerprint density at radius 2 is 1.72 bits per heavy atom. The molecule has 7 heteroatoms. The maximum absolute atomic E-state index is 12.7. The summed E-state index contributed by atoms with van der Waals surface area (Å²) in [6.45, 7) is 11.6. The van der Waals surface area contributed by atoms with E-state index in [4.69, 9.17) is 0 Å². The molecule has 204 valence electrons. The van der Waals surface area contributed by atoms with E-state index in [9.17, 15) is 19.2 Å². The van der Waals surface area contributed by atoms with Crippen molar-refractivity contribution in [3.63, 3.8) is 0 Å². The Hall–Kier alpha value is -1.92. The van der Waals surface area contributed by atoms with Gasteiger partial charge in [-0.05, 0) is 68.6 Å². The average molecular weight is 504 g/mol. The Labute approximate surface area is 218 Å². The van der Waals surface area contributed by atoms with Crippen molar-refractivity contribution in [3.05, 3.63) is 0 Å². The monoisotopic (exact) mass is 503 g/mol. The normalized spacial score (nSPS) is 27.7. The van der Waals surface area contributed by atoms with Gasteiger partial charge in [0.25, 0.3) is 0 Å². The molecule has 0 aromatic heterocycles. The van der Waals surface area contributed by atoms with E-state index >= 15 is 0 Å². The fraction of sp³-hybridized carbons (Fsp3) is 0.862. The van der Waals surface area contributed by atoms with Crippen LogP contribution >= 0.6 is 0 Å². The highest BCUT2D eigenvalue weighted by Gasteiger charge is 2.42. The predicted octanol–water partition coefficient (Wildman–Crippen LogP) is 4.40. The highest BCUT2D eigenvalue weighted by atomic mass is 16.2. The van der Waals surface area contributed by atoms with Crippen LogP contribution in [0.25, 0.3) is 0 Å². The van der Waals surface area contributed by atoms with Crippen molar-refractivity contribution in [2.75, 3.05) is 26.2 Å². The van der Waals surface area contributed by atoms with E-state index in [1.807, 2.05) is 4.90 Å². The molecular weight excluding hydrogens is 454 g/mol. The van der Waals surface area contributed by atoms with Crippen LogP contribution in [0.1, 0.15) is 98.3 Å². The summed E-state index contributed by atoms with van der Waals surface area (Å²) in [4.78, 5) is 53.7. The van der Waals surface area contributed by atoms with Crippen LogP contribution in [0.2, 0.25) is 0 Å². The summed E-state index contributed by atoms with van der Waals surface area (Å²) in [5.74, 6) is 2.12. The quantitative estimate of drug-likeness (QED) is 0.316. The van der Waals surface area contributed by atoms with E-state index in [1.54, 1.807) is 0 Å². The first-order chi connectivity index (χ1) is 17.2. The van der Waals surface area contributed by atoms with E-state index in [1.165, 1.54) is 4.90 Å². The number of hydrogen-bond acceptors (Lipinski definition) is 4. The predicted molar refractivity (Wildman–Crippen MR) is 141 cm³/mol. The van der Waals surface area contributed by atoms with E-state index < -0.39 is 0 Å². The fourth-order valence-corrected chi connectivity index (χ4v) is 6.15. The number of amides is 4. The maximum atomic E-state index is 12.7. The molecule has 7 nitrogen and oxygen atoms in total. The van der Waals surface area contributed by atoms with Gasteiger partial charge in [0.15, 0.2) is 0 Å². The number of carbonyl (C=O) groups is 4. The number of rotatable bonds is 12. The molecular formula is C29H49N3O4. The van der Waals surface area contributed by atoms with Gasteiger partial charge in [-0.25, -0.2) is 0 Å². The van der Waals surface area contributed by atoms with Crippen molar-refractivity contribution < 1.29 is 19.2 Å². The highest BCUT2D eigenvalue weighted by Crippen LogP contribution is 2.33. The molecule has 1 N–H and O–H groups in total. The van der Waals surface area contributed by atoms with E-state index in [0.717, 1.165) is 70.9 Å². The molecule has 0 radical (unpaired) electrons. The Balaban J connectivity index is 1.26. The lowest BCUT2D eigenvalue weighted by Gasteiger charge is -2.30. The first-order valence-corrected chi connectivity index (χ1v) is 14.6. The van der Waals surface area contributed by atoms with Crippen LogP contribution in [-0.2, 0) is 19.2 Å². The third kappa shape index (κ3) is 7.55. The zero-order valence-electron chi connectivity index (χ0n) is 23.1. The lowest BCUT2D eigenvalue weighted by Crippen LogP contribution is -2.39. The van der Waals surface area contributed by atoms with Gasteiger partial charge in [0.1, 0.15) is 0 Å². The zero-order valence-corrected chi connectivity index (χ0v) is 23.1. The van der Waals surface area contributed by atoms with Crippen LogP contribution in [0.15, 0.2) is 0 Å². The smallest absolute Gasteiger partial charge is 0.233 e. The molecule has 0 aromatic rings. The summed E-state index contributed by atoms with van der Waals surface area (Å²) in [6, 6.07) is 0. The van der Waals surface area contributed by atoms with Gasteiger partial charge >= 0.3 is 0 Å². The highest BCUT2D eigenvalue weighted by molar-refractivity contribution is 6.03. The van der Waals surface area contributed by atoms with Gasteiger partial charge in [0.05, 0.1) is 0 Å². The minimum atomic E-state index is -0.153. The molecule has 0 spiro atoms. The Morgan fingerprint density at radius 1 is 1.00 bits per heavy atom. The van der Waals surface area contributed by atoms with Crippen LogP contribution in [0.3, 0.4) is 0 Å². The number of nitrogens with zero attached hydrogens (tertiary/aromatic N) is 2. The van der Waals surface area contributed by atoms with Gasteiger partial charge in [-0.15, -0.1) is 0 Å². The second-order valence-electron chi connectivity index (χ2n) is 12.0. The minimum Gasteiger partial charge on any atom is -0.356 e. The molecule has 3 unspecified atom stereocenters. The van der Waals surface area contributed by atoms with Gasteiger partial charge < -0.3 is 10.2 Å². The van der Waals surface area contributed by atoms with Crippen molar-refractivity contribution in [2.24, 2.45) is 35.5 Å². The maximum Gasteiger partial charge on any atom is 0.233 e. The third-order valence-corrected chi connectivity index (χ3v) is 9.15. The molecule has 36 heavy (non-hydrogen) atoms. The van der Waals surface area contributed by atoms with Crippen molar-refractivity contribution in [1.82, 2.24) is 15.1 Å². The average Bonchev–Trinajstić information content (AvgIpc) is 3.47. The van der Waals surface area contributed by atoms with Crippen LogP contribution in [0.4, 0.5) is 0 Å². The topological polar surface area (TPSA) is 86.8 Å². The van der Waals surface area contributed by atoms with Crippen molar-refractivity contribution in [1.29, 1.82) is 0 Å². The van der Waals surface area contributed by atoms with Crippen LogP contribution in [0, 0.1) is 35.5 Å². The summed E-state index contributed by atoms with van der Waals surface area (Å²) in [7, 11) is 0. The van der Waals surface area contributed by atoms with Gasteiger partial charge in [0.2, 0.25) is 23.6 Å².